The van der Waals surface area contributed by atoms with Gasteiger partial charge in [-0.2, -0.15) is 0 Å². The van der Waals surface area contributed by atoms with Crippen molar-refractivity contribution in [2.45, 2.75) is 6.92 Å². The quantitative estimate of drug-likeness (QED) is 0.369. The molecule has 8 nitrogen and oxygen atoms in total. The van der Waals surface area contributed by atoms with Gasteiger partial charge < -0.3 is 19.3 Å². The van der Waals surface area contributed by atoms with E-state index in [9.17, 15) is 9.90 Å². The first-order chi connectivity index (χ1) is 15.0. The zero-order valence-electron chi connectivity index (χ0n) is 17.0. The van der Waals surface area contributed by atoms with E-state index in [0.29, 0.717) is 34.5 Å². The van der Waals surface area contributed by atoms with E-state index in [4.69, 9.17) is 14.2 Å². The van der Waals surface area contributed by atoms with Crippen LogP contribution >= 0.6 is 11.3 Å². The fraction of sp³-hybridized carbons (Fsp3) is 0.136. The molecule has 0 aliphatic heterocycles. The predicted molar refractivity (Wildman–Crippen MR) is 120 cm³/mol. The zero-order chi connectivity index (χ0) is 22.4. The Kier molecular flexibility index (Phi) is 6.88. The number of thiazole rings is 1. The normalized spacial score (nSPS) is 11.1. The Hall–Kier alpha value is -3.85. The Labute approximate surface area is 183 Å². The Morgan fingerprint density at radius 3 is 2.87 bits per heavy atom. The number of hydrogen-bond acceptors (Lipinski definition) is 8. The summed E-state index contributed by atoms with van der Waals surface area (Å²) in [4.78, 5) is 20.8. The topological polar surface area (TPSA) is 103 Å². The number of ether oxygens (including phenoxy) is 3. The maximum absolute atomic E-state index is 12.5. The molecule has 0 aliphatic rings. The van der Waals surface area contributed by atoms with Crippen LogP contribution in [0.1, 0.15) is 17.4 Å². The summed E-state index contributed by atoms with van der Waals surface area (Å²) in [6, 6.07) is 6.77. The number of hydrogen-bond donors (Lipinski definition) is 2. The Bertz CT molecular complexity index is 1170. The third kappa shape index (κ3) is 5.01. The van der Waals surface area contributed by atoms with Crippen molar-refractivity contribution in [3.63, 3.8) is 0 Å². The van der Waals surface area contributed by atoms with Gasteiger partial charge in [0, 0.05) is 18.3 Å². The number of allylic oxidation sites excluding steroid dienone is 2. The van der Waals surface area contributed by atoms with Crippen molar-refractivity contribution in [3.05, 3.63) is 73.0 Å². The fourth-order valence-electron chi connectivity index (χ4n) is 2.61. The molecule has 0 atom stereocenters. The minimum atomic E-state index is -0.601. The number of pyridine rings is 1. The molecule has 0 spiro atoms. The van der Waals surface area contributed by atoms with Gasteiger partial charge in [-0.1, -0.05) is 30.6 Å². The Morgan fingerprint density at radius 2 is 2.16 bits per heavy atom. The third-order valence-corrected chi connectivity index (χ3v) is 4.93. The number of aromatic hydroxyl groups is 1. The van der Waals surface area contributed by atoms with Crippen molar-refractivity contribution in [2.24, 2.45) is 0 Å². The van der Waals surface area contributed by atoms with Crippen LogP contribution in [0.15, 0.2) is 67.3 Å². The number of aromatic nitrogens is 2. The van der Waals surface area contributed by atoms with E-state index < -0.39 is 5.91 Å². The van der Waals surface area contributed by atoms with E-state index in [2.05, 4.69) is 28.4 Å². The van der Waals surface area contributed by atoms with E-state index >= 15 is 0 Å². The van der Waals surface area contributed by atoms with Crippen molar-refractivity contribution in [1.82, 2.24) is 9.97 Å². The molecule has 2 heterocycles. The lowest BCUT2D eigenvalue weighted by Gasteiger charge is -2.12. The summed E-state index contributed by atoms with van der Waals surface area (Å²) in [5.74, 6) is 0.601. The average Bonchev–Trinajstić information content (AvgIpc) is 3.15. The molecule has 1 amide bonds. The van der Waals surface area contributed by atoms with Gasteiger partial charge in [0.05, 0.1) is 23.9 Å². The summed E-state index contributed by atoms with van der Waals surface area (Å²) < 4.78 is 17.1. The van der Waals surface area contributed by atoms with E-state index in [-0.39, 0.29) is 17.2 Å². The van der Waals surface area contributed by atoms with Crippen LogP contribution in [-0.4, -0.2) is 34.7 Å². The van der Waals surface area contributed by atoms with Crippen LogP contribution in [0.5, 0.6) is 17.2 Å². The molecule has 9 heteroatoms. The van der Waals surface area contributed by atoms with E-state index in [1.54, 1.807) is 30.4 Å². The van der Waals surface area contributed by atoms with Crippen molar-refractivity contribution >= 4 is 32.6 Å². The van der Waals surface area contributed by atoms with Crippen LogP contribution in [0.3, 0.4) is 0 Å². The van der Waals surface area contributed by atoms with Crippen molar-refractivity contribution in [2.75, 3.05) is 19.0 Å². The molecule has 1 aromatic carbocycles. The lowest BCUT2D eigenvalue weighted by molar-refractivity contribution is 0.101. The van der Waals surface area contributed by atoms with E-state index in [0.717, 1.165) is 4.70 Å². The number of fused-ring (bicyclic) bond motifs is 1. The highest BCUT2D eigenvalue weighted by atomic mass is 32.1. The molecule has 2 N–H and O–H groups in total. The molecule has 160 valence electrons. The molecule has 3 rings (SSSR count). The molecule has 2 aromatic heterocycles. The number of nitrogens with zero attached hydrogens (tertiary/aromatic N) is 2. The highest BCUT2D eigenvalue weighted by Crippen LogP contribution is 2.32. The highest BCUT2D eigenvalue weighted by molar-refractivity contribution is 7.22. The largest absolute Gasteiger partial charge is 0.503 e. The summed E-state index contributed by atoms with van der Waals surface area (Å²) in [5.41, 5.74) is 0.518. The van der Waals surface area contributed by atoms with Gasteiger partial charge in [0.2, 0.25) is 0 Å². The van der Waals surface area contributed by atoms with Crippen molar-refractivity contribution in [3.8, 4) is 17.2 Å². The SMILES string of the molecule is C=C/C=C(/Oc1ccc2nc(NC(=O)c3nccc(OC)c3O)sc2c1)C(=C)OCC. The molecular weight excluding hydrogens is 418 g/mol. The number of amides is 1. The summed E-state index contributed by atoms with van der Waals surface area (Å²) in [7, 11) is 1.39. The lowest BCUT2D eigenvalue weighted by Crippen LogP contribution is -2.13. The van der Waals surface area contributed by atoms with Gasteiger partial charge in [-0.05, 0) is 25.1 Å². The number of methoxy groups -OCH3 is 1. The molecule has 3 aromatic rings. The monoisotopic (exact) mass is 439 g/mol. The average molecular weight is 439 g/mol. The second-order valence-electron chi connectivity index (χ2n) is 6.04. The predicted octanol–water partition coefficient (Wildman–Crippen LogP) is 4.66. The number of benzene rings is 1. The van der Waals surface area contributed by atoms with Gasteiger partial charge in [-0.3, -0.25) is 10.1 Å². The molecule has 0 saturated heterocycles. The maximum Gasteiger partial charge on any atom is 0.280 e. The second kappa shape index (κ2) is 9.77. The molecule has 0 fully saturated rings. The highest BCUT2D eigenvalue weighted by Gasteiger charge is 2.18. The third-order valence-electron chi connectivity index (χ3n) is 3.99. The van der Waals surface area contributed by atoms with E-state index in [1.807, 2.05) is 6.92 Å². The second-order valence-corrected chi connectivity index (χ2v) is 7.07. The maximum atomic E-state index is 12.5. The van der Waals surface area contributed by atoms with Crippen LogP contribution in [0.4, 0.5) is 5.13 Å². The minimum Gasteiger partial charge on any atom is -0.503 e. The van der Waals surface area contributed by atoms with Crippen LogP contribution in [-0.2, 0) is 4.74 Å². The minimum absolute atomic E-state index is 0.156. The Morgan fingerprint density at radius 1 is 1.35 bits per heavy atom. The molecule has 31 heavy (non-hydrogen) atoms. The number of carbonyl (C=O) groups excluding carboxylic acids is 1. The van der Waals surface area contributed by atoms with Crippen LogP contribution in [0, 0.1) is 0 Å². The van der Waals surface area contributed by atoms with E-state index in [1.165, 1.54) is 30.7 Å². The van der Waals surface area contributed by atoms with Gasteiger partial charge in [0.25, 0.3) is 5.91 Å². The van der Waals surface area contributed by atoms with Gasteiger partial charge in [0.15, 0.2) is 33.8 Å². The number of anilines is 1. The number of rotatable bonds is 9. The van der Waals surface area contributed by atoms with Crippen molar-refractivity contribution in [1.29, 1.82) is 0 Å². The lowest BCUT2D eigenvalue weighted by atomic mass is 10.3. The summed E-state index contributed by atoms with van der Waals surface area (Å²) in [6.45, 7) is 9.85. The van der Waals surface area contributed by atoms with Gasteiger partial charge in [0.1, 0.15) is 5.75 Å². The first kappa shape index (κ1) is 21.8. The van der Waals surface area contributed by atoms with Crippen LogP contribution in [0.2, 0.25) is 0 Å². The van der Waals surface area contributed by atoms with Gasteiger partial charge >= 0.3 is 0 Å². The first-order valence-electron chi connectivity index (χ1n) is 9.23. The smallest absolute Gasteiger partial charge is 0.280 e. The van der Waals surface area contributed by atoms with Gasteiger partial charge in [-0.25, -0.2) is 9.97 Å². The molecule has 0 bridgehead atoms. The number of nitrogens with one attached hydrogen (secondary N) is 1. The first-order valence-corrected chi connectivity index (χ1v) is 10.0. The van der Waals surface area contributed by atoms with Crippen molar-refractivity contribution < 1.29 is 24.1 Å². The fourth-order valence-corrected chi connectivity index (χ4v) is 3.50. The molecule has 0 radical (unpaired) electrons. The van der Waals surface area contributed by atoms with Gasteiger partial charge in [-0.15, -0.1) is 0 Å². The van der Waals surface area contributed by atoms with Crippen LogP contribution < -0.4 is 14.8 Å². The summed E-state index contributed by atoms with van der Waals surface area (Å²) >= 11 is 1.25. The summed E-state index contributed by atoms with van der Waals surface area (Å²) in [5, 5.41) is 13.1. The summed E-state index contributed by atoms with van der Waals surface area (Å²) in [6.07, 6.45) is 4.62. The standard InChI is InChI=1S/C22H21N3O5S/c1-5-7-16(13(3)29-6-2)30-14-8-9-15-18(12-14)31-22(24-15)25-21(27)19-20(26)17(28-4)10-11-23-19/h5,7-12,26H,1,3,6H2,2,4H3,(H,24,25,27)/b16-7+. The molecule has 0 aliphatic carbocycles. The zero-order valence-corrected chi connectivity index (χ0v) is 17.9. The van der Waals surface area contributed by atoms with Crippen LogP contribution in [0.25, 0.3) is 10.2 Å². The number of carbonyl (C=O) groups is 1. The Balaban J connectivity index is 1.81. The molecule has 0 unspecified atom stereocenters. The molecule has 0 saturated carbocycles. The molecular formula is C22H21N3O5S.